The summed E-state index contributed by atoms with van der Waals surface area (Å²) in [6, 6.07) is 3.55. The molecular formula is C14H20ClF2N3O4S. The fraction of sp³-hybridized carbons (Fsp3) is 0.500. The molecule has 0 spiro atoms. The molecule has 0 aliphatic carbocycles. The maximum Gasteiger partial charge on any atom is 0.262 e. The first-order chi connectivity index (χ1) is 11.1. The van der Waals surface area contributed by atoms with Crippen molar-refractivity contribution in [3.63, 3.8) is 0 Å². The number of benzene rings is 1. The molecule has 1 aromatic carbocycles. The topological polar surface area (TPSA) is 111 Å². The van der Waals surface area contributed by atoms with Gasteiger partial charge in [-0.15, -0.1) is 12.4 Å². The highest BCUT2D eigenvalue weighted by atomic mass is 35.5. The van der Waals surface area contributed by atoms with Gasteiger partial charge in [-0.3, -0.25) is 10.1 Å². The molecule has 1 aliphatic heterocycles. The van der Waals surface area contributed by atoms with Gasteiger partial charge in [0.25, 0.3) is 5.92 Å². The fourth-order valence-electron chi connectivity index (χ4n) is 2.45. The van der Waals surface area contributed by atoms with Crippen LogP contribution < -0.4 is 20.5 Å². The lowest BCUT2D eigenvalue weighted by Gasteiger charge is -2.12. The Balaban J connectivity index is 0.00000312. The summed E-state index contributed by atoms with van der Waals surface area (Å²) in [6.07, 6.45) is -0.210. The SMILES string of the molecule is COc1ccc(CCNC(=O)C2CC(F)(F)CN2)cc1S(N)(=O)=O.Cl. The number of ether oxygens (including phenoxy) is 1. The van der Waals surface area contributed by atoms with Crippen LogP contribution in [0.1, 0.15) is 12.0 Å². The summed E-state index contributed by atoms with van der Waals surface area (Å²) in [5.41, 5.74) is 0.616. The van der Waals surface area contributed by atoms with Crippen LogP contribution in [0.25, 0.3) is 0 Å². The van der Waals surface area contributed by atoms with Crippen LogP contribution in [-0.2, 0) is 21.2 Å². The van der Waals surface area contributed by atoms with Gasteiger partial charge in [-0.05, 0) is 24.1 Å². The Hall–Kier alpha value is -1.49. The van der Waals surface area contributed by atoms with Crippen molar-refractivity contribution in [1.29, 1.82) is 0 Å². The van der Waals surface area contributed by atoms with Crippen LogP contribution in [0.2, 0.25) is 0 Å². The number of methoxy groups -OCH3 is 1. The summed E-state index contributed by atoms with van der Waals surface area (Å²) in [5.74, 6) is -3.25. The van der Waals surface area contributed by atoms with Crippen molar-refractivity contribution in [2.75, 3.05) is 20.2 Å². The smallest absolute Gasteiger partial charge is 0.262 e. The largest absolute Gasteiger partial charge is 0.495 e. The number of nitrogens with two attached hydrogens (primary N) is 1. The minimum Gasteiger partial charge on any atom is -0.495 e. The van der Waals surface area contributed by atoms with Crippen LogP contribution in [-0.4, -0.2) is 46.5 Å². The number of hydrogen-bond acceptors (Lipinski definition) is 5. The number of carbonyl (C=O) groups is 1. The van der Waals surface area contributed by atoms with Crippen molar-refractivity contribution in [1.82, 2.24) is 10.6 Å². The Kier molecular flexibility index (Phi) is 7.12. The summed E-state index contributed by atoms with van der Waals surface area (Å²) in [4.78, 5) is 11.7. The zero-order valence-electron chi connectivity index (χ0n) is 13.4. The molecule has 0 radical (unpaired) electrons. The van der Waals surface area contributed by atoms with E-state index in [1.54, 1.807) is 6.07 Å². The maximum atomic E-state index is 13.0. The third-order valence-electron chi connectivity index (χ3n) is 3.67. The van der Waals surface area contributed by atoms with E-state index in [-0.39, 0.29) is 29.6 Å². The first-order valence-electron chi connectivity index (χ1n) is 7.21. The zero-order chi connectivity index (χ0) is 18.0. The second kappa shape index (κ2) is 8.26. The molecule has 11 heteroatoms. The van der Waals surface area contributed by atoms with Gasteiger partial charge in [0.2, 0.25) is 15.9 Å². The minimum absolute atomic E-state index is 0. The van der Waals surface area contributed by atoms with E-state index in [2.05, 4.69) is 10.6 Å². The van der Waals surface area contributed by atoms with Gasteiger partial charge in [0.15, 0.2) is 0 Å². The number of alkyl halides is 2. The number of nitrogens with one attached hydrogen (secondary N) is 2. The molecular weight excluding hydrogens is 380 g/mol. The quantitative estimate of drug-likeness (QED) is 0.642. The van der Waals surface area contributed by atoms with Crippen molar-refractivity contribution in [3.8, 4) is 5.75 Å². The standard InChI is InChI=1S/C14H19F2N3O4S.ClH/c1-23-11-3-2-9(6-12(11)24(17,21)22)4-5-18-13(20)10-7-14(15,16)8-19-10;/h2-3,6,10,19H,4-5,7-8H2,1H3,(H,18,20)(H2,17,21,22);1H. The van der Waals surface area contributed by atoms with E-state index in [9.17, 15) is 22.0 Å². The molecule has 1 unspecified atom stereocenters. The third-order valence-corrected chi connectivity index (χ3v) is 4.61. The molecule has 4 N–H and O–H groups in total. The highest BCUT2D eigenvalue weighted by Gasteiger charge is 2.42. The number of rotatable bonds is 6. The molecule has 2 rings (SSSR count). The monoisotopic (exact) mass is 399 g/mol. The average Bonchev–Trinajstić information content (AvgIpc) is 2.86. The number of sulfonamides is 1. The molecule has 1 aromatic rings. The number of primary sulfonamides is 1. The summed E-state index contributed by atoms with van der Waals surface area (Å²) >= 11 is 0. The van der Waals surface area contributed by atoms with Crippen molar-refractivity contribution in [2.45, 2.75) is 29.7 Å². The molecule has 1 amide bonds. The normalized spacial score (nSPS) is 19.1. The summed E-state index contributed by atoms with van der Waals surface area (Å²) in [7, 11) is -2.61. The number of hydrogen-bond donors (Lipinski definition) is 3. The molecule has 0 bridgehead atoms. The van der Waals surface area contributed by atoms with Crippen LogP contribution in [0, 0.1) is 0 Å². The summed E-state index contributed by atoms with van der Waals surface area (Å²) < 4.78 is 54.1. The van der Waals surface area contributed by atoms with Gasteiger partial charge in [-0.1, -0.05) is 6.07 Å². The lowest BCUT2D eigenvalue weighted by molar-refractivity contribution is -0.123. The van der Waals surface area contributed by atoms with Crippen molar-refractivity contribution in [2.24, 2.45) is 5.14 Å². The molecule has 1 atom stereocenters. The van der Waals surface area contributed by atoms with Gasteiger partial charge in [0.05, 0.1) is 19.7 Å². The van der Waals surface area contributed by atoms with Crippen molar-refractivity contribution < 1.29 is 26.7 Å². The molecule has 1 saturated heterocycles. The van der Waals surface area contributed by atoms with E-state index in [1.807, 2.05) is 0 Å². The summed E-state index contributed by atoms with van der Waals surface area (Å²) in [5, 5.41) is 10.1. The molecule has 1 aliphatic rings. The maximum absolute atomic E-state index is 13.0. The van der Waals surface area contributed by atoms with Gasteiger partial charge >= 0.3 is 0 Å². The molecule has 1 fully saturated rings. The number of carbonyl (C=O) groups excluding carboxylic acids is 1. The lowest BCUT2D eigenvalue weighted by Crippen LogP contribution is -2.41. The second-order valence-electron chi connectivity index (χ2n) is 5.56. The number of halogens is 3. The predicted molar refractivity (Wildman–Crippen MR) is 89.7 cm³/mol. The van der Waals surface area contributed by atoms with Crippen LogP contribution in [0.3, 0.4) is 0 Å². The Labute approximate surface area is 150 Å². The first kappa shape index (κ1) is 21.6. The lowest BCUT2D eigenvalue weighted by atomic mass is 10.1. The predicted octanol–water partition coefficient (Wildman–Crippen LogP) is 0.420. The van der Waals surface area contributed by atoms with E-state index in [4.69, 9.17) is 9.88 Å². The molecule has 142 valence electrons. The van der Waals surface area contributed by atoms with Gasteiger partial charge in [-0.2, -0.15) is 0 Å². The molecule has 0 saturated carbocycles. The van der Waals surface area contributed by atoms with Crippen molar-refractivity contribution in [3.05, 3.63) is 23.8 Å². The zero-order valence-corrected chi connectivity index (χ0v) is 15.1. The molecule has 1 heterocycles. The van der Waals surface area contributed by atoms with Gasteiger partial charge in [0.1, 0.15) is 10.6 Å². The second-order valence-corrected chi connectivity index (χ2v) is 7.09. The van der Waals surface area contributed by atoms with Crippen LogP contribution in [0.15, 0.2) is 23.1 Å². The highest BCUT2D eigenvalue weighted by molar-refractivity contribution is 7.89. The van der Waals surface area contributed by atoms with Crippen LogP contribution >= 0.6 is 12.4 Å². The van der Waals surface area contributed by atoms with Crippen LogP contribution in [0.5, 0.6) is 5.75 Å². The third kappa shape index (κ3) is 5.77. The van der Waals surface area contributed by atoms with Gasteiger partial charge in [-0.25, -0.2) is 22.3 Å². The Bertz CT molecular complexity index is 731. The van der Waals surface area contributed by atoms with Gasteiger partial charge < -0.3 is 10.1 Å². The Morgan fingerprint density at radius 1 is 1.48 bits per heavy atom. The van der Waals surface area contributed by atoms with E-state index in [1.165, 1.54) is 19.2 Å². The Morgan fingerprint density at radius 3 is 2.68 bits per heavy atom. The van der Waals surface area contributed by atoms with Crippen LogP contribution in [0.4, 0.5) is 8.78 Å². The number of amides is 1. The Morgan fingerprint density at radius 2 is 2.16 bits per heavy atom. The minimum atomic E-state index is -3.94. The first-order valence-corrected chi connectivity index (χ1v) is 8.76. The fourth-order valence-corrected chi connectivity index (χ4v) is 3.20. The van der Waals surface area contributed by atoms with Crippen molar-refractivity contribution >= 4 is 28.3 Å². The van der Waals surface area contributed by atoms with E-state index >= 15 is 0 Å². The van der Waals surface area contributed by atoms with Gasteiger partial charge in [0, 0.05) is 13.0 Å². The molecule has 25 heavy (non-hydrogen) atoms. The van der Waals surface area contributed by atoms with E-state index in [0.717, 1.165) is 0 Å². The molecule has 0 aromatic heterocycles. The summed E-state index contributed by atoms with van der Waals surface area (Å²) in [6.45, 7) is -0.333. The average molecular weight is 400 g/mol. The van der Waals surface area contributed by atoms with E-state index < -0.39 is 40.9 Å². The van der Waals surface area contributed by atoms with E-state index in [0.29, 0.717) is 12.0 Å². The molecule has 7 nitrogen and oxygen atoms in total. The highest BCUT2D eigenvalue weighted by Crippen LogP contribution is 2.25.